The smallest absolute Gasteiger partial charge is 0.358 e. The van der Waals surface area contributed by atoms with Crippen molar-refractivity contribution in [2.45, 2.75) is 13.0 Å². The highest BCUT2D eigenvalue weighted by Crippen LogP contribution is 2.22. The van der Waals surface area contributed by atoms with Gasteiger partial charge in [0.1, 0.15) is 12.2 Å². The van der Waals surface area contributed by atoms with E-state index < -0.39 is 11.0 Å². The average molecular weight is 288 g/mol. The van der Waals surface area contributed by atoms with Crippen molar-refractivity contribution in [3.05, 3.63) is 58.0 Å². The normalized spacial score (nSPS) is 12.0. The van der Waals surface area contributed by atoms with E-state index in [1.54, 1.807) is 14.1 Å². The zero-order valence-electron chi connectivity index (χ0n) is 12.1. The number of nitrogens with zero attached hydrogens (tertiary/aromatic N) is 4. The third-order valence-corrected chi connectivity index (χ3v) is 3.14. The van der Waals surface area contributed by atoms with Gasteiger partial charge in [-0.05, 0) is 22.4 Å². The summed E-state index contributed by atoms with van der Waals surface area (Å²) in [7, 11) is 3.30. The number of benzene rings is 1. The number of rotatable bonds is 4. The fourth-order valence-electron chi connectivity index (χ4n) is 2.00. The summed E-state index contributed by atoms with van der Waals surface area (Å²) in [5.41, 5.74) is 1.83. The van der Waals surface area contributed by atoms with Crippen LogP contribution >= 0.6 is 0 Å². The molecule has 0 saturated carbocycles. The van der Waals surface area contributed by atoms with E-state index in [2.05, 4.69) is 4.98 Å². The zero-order valence-corrected chi connectivity index (χ0v) is 12.1. The lowest BCUT2D eigenvalue weighted by Crippen LogP contribution is -2.31. The summed E-state index contributed by atoms with van der Waals surface area (Å²) in [6.45, 7) is 1.95. The Morgan fingerprint density at radius 1 is 1.33 bits per heavy atom. The van der Waals surface area contributed by atoms with Gasteiger partial charge in [0.2, 0.25) is 12.2 Å². The molecule has 1 heterocycles. The van der Waals surface area contributed by atoms with Crippen molar-refractivity contribution in [3.8, 4) is 0 Å². The Kier molecular flexibility index (Phi) is 4.02. The second-order valence-electron chi connectivity index (χ2n) is 4.98. The summed E-state index contributed by atoms with van der Waals surface area (Å²) in [6, 6.07) is 6.81. The largest absolute Gasteiger partial charge is 0.381 e. The first-order valence-corrected chi connectivity index (χ1v) is 6.35. The fourth-order valence-corrected chi connectivity index (χ4v) is 2.00. The molecule has 7 nitrogen and oxygen atoms in total. The number of aryl methyl sites for hydroxylation is 1. The van der Waals surface area contributed by atoms with Crippen LogP contribution in [0.25, 0.3) is 0 Å². The molecule has 21 heavy (non-hydrogen) atoms. The lowest BCUT2D eigenvalue weighted by Gasteiger charge is -2.21. The standard InChI is InChI=1S/C14H16N4O3/c1-10-4-6-11(7-5-10)13(14(19)16(2)3)17-8-12(15-9-17)18(20)21/h4-9,13H,1-3H3. The summed E-state index contributed by atoms with van der Waals surface area (Å²) in [6.07, 6.45) is 2.58. The number of hydrogen-bond acceptors (Lipinski definition) is 4. The van der Waals surface area contributed by atoms with Gasteiger partial charge in [0.15, 0.2) is 0 Å². The predicted octanol–water partition coefficient (Wildman–Crippen LogP) is 1.78. The molecule has 0 N–H and O–H groups in total. The minimum Gasteiger partial charge on any atom is -0.358 e. The summed E-state index contributed by atoms with van der Waals surface area (Å²) < 4.78 is 1.46. The summed E-state index contributed by atoms with van der Waals surface area (Å²) >= 11 is 0. The van der Waals surface area contributed by atoms with Gasteiger partial charge in [-0.25, -0.2) is 0 Å². The lowest BCUT2D eigenvalue weighted by atomic mass is 10.0. The molecule has 1 aromatic heterocycles. The van der Waals surface area contributed by atoms with Gasteiger partial charge < -0.3 is 15.0 Å². The van der Waals surface area contributed by atoms with Crippen molar-refractivity contribution in [1.82, 2.24) is 14.5 Å². The first-order valence-electron chi connectivity index (χ1n) is 6.35. The number of carbonyl (C=O) groups excluding carboxylic acids is 1. The molecular formula is C14H16N4O3. The van der Waals surface area contributed by atoms with Crippen LogP contribution in [0.15, 0.2) is 36.8 Å². The second kappa shape index (κ2) is 5.74. The Labute approximate surface area is 122 Å². The summed E-state index contributed by atoms with van der Waals surface area (Å²) in [5, 5.41) is 10.8. The van der Waals surface area contributed by atoms with Gasteiger partial charge in [0, 0.05) is 14.1 Å². The van der Waals surface area contributed by atoms with Crippen LogP contribution in [0, 0.1) is 17.0 Å². The molecule has 0 saturated heterocycles. The van der Waals surface area contributed by atoms with Crippen LogP contribution in [0.3, 0.4) is 0 Å². The number of hydrogen-bond donors (Lipinski definition) is 0. The van der Waals surface area contributed by atoms with Crippen LogP contribution in [0.5, 0.6) is 0 Å². The second-order valence-corrected chi connectivity index (χ2v) is 4.98. The molecule has 0 aliphatic carbocycles. The number of imidazole rings is 1. The minimum atomic E-state index is -0.665. The molecule has 1 amide bonds. The molecule has 0 aliphatic heterocycles. The number of amides is 1. The lowest BCUT2D eigenvalue weighted by molar-refractivity contribution is -0.389. The average Bonchev–Trinajstić information content (AvgIpc) is 2.90. The molecule has 2 rings (SSSR count). The van der Waals surface area contributed by atoms with E-state index in [4.69, 9.17) is 0 Å². The first kappa shape index (κ1) is 14.7. The van der Waals surface area contributed by atoms with Crippen LogP contribution in [0.2, 0.25) is 0 Å². The highest BCUT2D eigenvalue weighted by atomic mass is 16.6. The molecule has 0 aliphatic rings. The van der Waals surface area contributed by atoms with Crippen molar-refractivity contribution in [3.63, 3.8) is 0 Å². The van der Waals surface area contributed by atoms with Crippen molar-refractivity contribution >= 4 is 11.7 Å². The van der Waals surface area contributed by atoms with Gasteiger partial charge in [-0.3, -0.25) is 9.36 Å². The number of aromatic nitrogens is 2. The van der Waals surface area contributed by atoms with Gasteiger partial charge >= 0.3 is 5.82 Å². The number of nitro groups is 1. The van der Waals surface area contributed by atoms with E-state index in [-0.39, 0.29) is 11.7 Å². The van der Waals surface area contributed by atoms with Crippen molar-refractivity contribution in [2.24, 2.45) is 0 Å². The number of carbonyl (C=O) groups is 1. The molecule has 0 radical (unpaired) electrons. The van der Waals surface area contributed by atoms with E-state index in [9.17, 15) is 14.9 Å². The molecule has 110 valence electrons. The Morgan fingerprint density at radius 2 is 1.95 bits per heavy atom. The van der Waals surface area contributed by atoms with Gasteiger partial charge in [-0.2, -0.15) is 0 Å². The predicted molar refractivity (Wildman–Crippen MR) is 76.9 cm³/mol. The van der Waals surface area contributed by atoms with Crippen LogP contribution in [-0.4, -0.2) is 39.4 Å². The molecule has 1 unspecified atom stereocenters. The van der Waals surface area contributed by atoms with E-state index in [1.807, 2.05) is 31.2 Å². The third-order valence-electron chi connectivity index (χ3n) is 3.14. The van der Waals surface area contributed by atoms with Crippen LogP contribution in [-0.2, 0) is 4.79 Å². The third kappa shape index (κ3) is 3.07. The molecule has 1 aromatic carbocycles. The van der Waals surface area contributed by atoms with E-state index in [1.165, 1.54) is 22.0 Å². The maximum absolute atomic E-state index is 12.4. The molecular weight excluding hydrogens is 272 g/mol. The molecule has 1 atom stereocenters. The Morgan fingerprint density at radius 3 is 2.43 bits per heavy atom. The monoisotopic (exact) mass is 288 g/mol. The number of likely N-dealkylation sites (N-methyl/N-ethyl adjacent to an activating group) is 1. The Bertz CT molecular complexity index is 661. The van der Waals surface area contributed by atoms with Crippen molar-refractivity contribution in [1.29, 1.82) is 0 Å². The van der Waals surface area contributed by atoms with Gasteiger partial charge in [-0.1, -0.05) is 29.8 Å². The van der Waals surface area contributed by atoms with E-state index in [0.717, 1.165) is 11.1 Å². The van der Waals surface area contributed by atoms with Gasteiger partial charge in [0.05, 0.1) is 0 Å². The van der Waals surface area contributed by atoms with Gasteiger partial charge in [-0.15, -0.1) is 0 Å². The minimum absolute atomic E-state index is 0.175. The Hall–Kier alpha value is -2.70. The maximum atomic E-state index is 12.4. The molecule has 0 spiro atoms. The Balaban J connectivity index is 2.47. The van der Waals surface area contributed by atoms with Crippen LogP contribution in [0.1, 0.15) is 17.2 Å². The topological polar surface area (TPSA) is 81.3 Å². The summed E-state index contributed by atoms with van der Waals surface area (Å²) in [5.74, 6) is -0.454. The van der Waals surface area contributed by atoms with E-state index in [0.29, 0.717) is 0 Å². The summed E-state index contributed by atoms with van der Waals surface area (Å²) in [4.78, 5) is 27.8. The quantitative estimate of drug-likeness (QED) is 0.634. The van der Waals surface area contributed by atoms with Crippen molar-refractivity contribution < 1.29 is 9.72 Å². The maximum Gasteiger partial charge on any atom is 0.381 e. The van der Waals surface area contributed by atoms with Crippen LogP contribution < -0.4 is 0 Å². The fraction of sp³-hybridized carbons (Fsp3) is 0.286. The van der Waals surface area contributed by atoms with E-state index >= 15 is 0 Å². The first-order chi connectivity index (χ1) is 9.90. The molecule has 2 aromatic rings. The van der Waals surface area contributed by atoms with Gasteiger partial charge in [0.25, 0.3) is 0 Å². The highest BCUT2D eigenvalue weighted by Gasteiger charge is 2.26. The molecule has 0 fully saturated rings. The zero-order chi connectivity index (χ0) is 15.6. The SMILES string of the molecule is Cc1ccc(C(C(=O)N(C)C)n2cnc([N+](=O)[O-])c2)cc1. The van der Waals surface area contributed by atoms with Crippen LogP contribution in [0.4, 0.5) is 5.82 Å². The molecule has 0 bridgehead atoms. The van der Waals surface area contributed by atoms with Crippen molar-refractivity contribution in [2.75, 3.05) is 14.1 Å². The highest BCUT2D eigenvalue weighted by molar-refractivity contribution is 5.83. The molecule has 7 heteroatoms.